The quantitative estimate of drug-likeness (QED) is 0.258. The highest BCUT2D eigenvalue weighted by atomic mass is 127. The van der Waals surface area contributed by atoms with E-state index in [0.717, 1.165) is 24.0 Å². The fourth-order valence-electron chi connectivity index (χ4n) is 3.53. The van der Waals surface area contributed by atoms with Gasteiger partial charge in [-0.15, -0.1) is 0 Å². The van der Waals surface area contributed by atoms with Crippen LogP contribution in [0.25, 0.3) is 0 Å². The van der Waals surface area contributed by atoms with E-state index < -0.39 is 0 Å². The highest BCUT2D eigenvalue weighted by molar-refractivity contribution is 14.1. The predicted octanol–water partition coefficient (Wildman–Crippen LogP) is 6.17. The summed E-state index contributed by atoms with van der Waals surface area (Å²) in [6, 6.07) is 24.2. The number of hydrogen-bond acceptors (Lipinski definition) is 2. The van der Waals surface area contributed by atoms with E-state index in [4.69, 9.17) is 11.6 Å². The van der Waals surface area contributed by atoms with Crippen LogP contribution < -0.4 is 10.6 Å². The topological polar surface area (TPSA) is 58.2 Å². The van der Waals surface area contributed by atoms with E-state index in [-0.39, 0.29) is 23.9 Å². The normalized spacial score (nSPS) is 11.6. The van der Waals surface area contributed by atoms with Gasteiger partial charge in [0.1, 0.15) is 0 Å². The minimum Gasteiger partial charge on any atom is -0.354 e. The van der Waals surface area contributed by atoms with Gasteiger partial charge in [-0.3, -0.25) is 9.59 Å². The number of nitrogens with one attached hydrogen (secondary N) is 2. The summed E-state index contributed by atoms with van der Waals surface area (Å²) in [5, 5.41) is 6.46. The van der Waals surface area contributed by atoms with Gasteiger partial charge in [0, 0.05) is 45.7 Å². The molecule has 0 bridgehead atoms. The fourth-order valence-corrected chi connectivity index (χ4v) is 4.01. The number of amides is 2. The van der Waals surface area contributed by atoms with Crippen LogP contribution in [-0.2, 0) is 22.4 Å². The van der Waals surface area contributed by atoms with Gasteiger partial charge in [-0.1, -0.05) is 47.7 Å². The van der Waals surface area contributed by atoms with Crippen molar-refractivity contribution in [1.82, 2.24) is 10.6 Å². The second-order valence-electron chi connectivity index (χ2n) is 8.69. The van der Waals surface area contributed by atoms with Crippen molar-refractivity contribution in [2.75, 3.05) is 0 Å². The summed E-state index contributed by atoms with van der Waals surface area (Å²) in [6.45, 7) is 7.09. The minimum atomic E-state index is -0.00190. The second kappa shape index (κ2) is 15.3. The summed E-state index contributed by atoms with van der Waals surface area (Å²) in [5.74, 6) is 6.27. The Morgan fingerprint density at radius 3 is 1.47 bits per heavy atom. The Morgan fingerprint density at radius 2 is 1.08 bits per heavy atom. The second-order valence-corrected chi connectivity index (χ2v) is 10.4. The molecule has 0 aromatic heterocycles. The largest absolute Gasteiger partial charge is 0.354 e. The lowest BCUT2D eigenvalue weighted by atomic mass is 10.0. The number of carbonyl (C=O) groups excluding carboxylic acids is 2. The molecule has 188 valence electrons. The average Bonchev–Trinajstić information content (AvgIpc) is 2.80. The number of benzene rings is 3. The van der Waals surface area contributed by atoms with Crippen LogP contribution in [0.1, 0.15) is 49.9 Å². The molecule has 0 heterocycles. The van der Waals surface area contributed by atoms with Gasteiger partial charge in [0.15, 0.2) is 0 Å². The molecule has 3 rings (SSSR count). The van der Waals surface area contributed by atoms with Crippen molar-refractivity contribution in [3.8, 4) is 11.8 Å². The van der Waals surface area contributed by atoms with Crippen molar-refractivity contribution >= 4 is 46.0 Å². The molecule has 2 unspecified atom stereocenters. The molecule has 36 heavy (non-hydrogen) atoms. The highest BCUT2D eigenvalue weighted by Gasteiger charge is 2.05. The first-order valence-corrected chi connectivity index (χ1v) is 13.2. The van der Waals surface area contributed by atoms with Gasteiger partial charge < -0.3 is 10.6 Å². The molecular formula is C30H32ClIN2O2. The molecule has 4 nitrogen and oxygen atoms in total. The molecule has 0 spiro atoms. The summed E-state index contributed by atoms with van der Waals surface area (Å²) in [4.78, 5) is 21.8. The highest BCUT2D eigenvalue weighted by Crippen LogP contribution is 2.10. The first kappa shape index (κ1) is 29.4. The Morgan fingerprint density at radius 1 is 0.722 bits per heavy atom. The van der Waals surface area contributed by atoms with Crippen molar-refractivity contribution in [2.45, 2.75) is 52.6 Å². The molecule has 0 aliphatic carbocycles. The van der Waals surface area contributed by atoms with E-state index in [9.17, 15) is 9.59 Å². The molecule has 3 aromatic rings. The summed E-state index contributed by atoms with van der Waals surface area (Å²) < 4.78 is 1.23. The molecule has 0 saturated carbocycles. The van der Waals surface area contributed by atoms with Crippen LogP contribution in [0.2, 0.25) is 5.02 Å². The molecule has 0 aliphatic heterocycles. The van der Waals surface area contributed by atoms with Gasteiger partial charge >= 0.3 is 0 Å². The fraction of sp³-hybridized carbons (Fsp3) is 0.267. The smallest absolute Gasteiger partial charge is 0.217 e. The zero-order valence-electron chi connectivity index (χ0n) is 21.1. The zero-order valence-corrected chi connectivity index (χ0v) is 24.0. The van der Waals surface area contributed by atoms with Crippen LogP contribution >= 0.6 is 34.2 Å². The molecular weight excluding hydrogens is 583 g/mol. The van der Waals surface area contributed by atoms with E-state index in [1.165, 1.54) is 21.6 Å². The lowest BCUT2D eigenvalue weighted by Gasteiger charge is -2.12. The maximum Gasteiger partial charge on any atom is 0.217 e. The van der Waals surface area contributed by atoms with Crippen molar-refractivity contribution in [3.63, 3.8) is 0 Å². The van der Waals surface area contributed by atoms with Crippen molar-refractivity contribution in [2.24, 2.45) is 0 Å². The van der Waals surface area contributed by atoms with Crippen LogP contribution in [0, 0.1) is 15.4 Å². The van der Waals surface area contributed by atoms with E-state index in [0.29, 0.717) is 5.02 Å². The molecule has 6 heteroatoms. The molecule has 3 aromatic carbocycles. The minimum absolute atomic E-state index is 0.00190. The van der Waals surface area contributed by atoms with Crippen LogP contribution in [0.4, 0.5) is 0 Å². The summed E-state index contributed by atoms with van der Waals surface area (Å²) >= 11 is 8.13. The molecule has 0 saturated heterocycles. The summed E-state index contributed by atoms with van der Waals surface area (Å²) in [5.41, 5.74) is 4.34. The third kappa shape index (κ3) is 12.2. The third-order valence-corrected chi connectivity index (χ3v) is 6.02. The van der Waals surface area contributed by atoms with E-state index in [1.54, 1.807) is 6.92 Å². The van der Waals surface area contributed by atoms with Gasteiger partial charge in [-0.25, -0.2) is 0 Å². The van der Waals surface area contributed by atoms with Gasteiger partial charge in [0.05, 0.1) is 0 Å². The van der Waals surface area contributed by atoms with Crippen molar-refractivity contribution in [1.29, 1.82) is 0 Å². The lowest BCUT2D eigenvalue weighted by Crippen LogP contribution is -2.31. The molecule has 0 aliphatic rings. The van der Waals surface area contributed by atoms with Crippen molar-refractivity contribution < 1.29 is 9.59 Å². The van der Waals surface area contributed by atoms with E-state index >= 15 is 0 Å². The van der Waals surface area contributed by atoms with Gasteiger partial charge in [0.25, 0.3) is 0 Å². The van der Waals surface area contributed by atoms with Crippen LogP contribution in [-0.4, -0.2) is 23.9 Å². The third-order valence-electron chi connectivity index (χ3n) is 5.05. The summed E-state index contributed by atoms with van der Waals surface area (Å²) in [6.07, 6.45) is 1.70. The van der Waals surface area contributed by atoms with E-state index in [1.807, 2.05) is 62.4 Å². The lowest BCUT2D eigenvalue weighted by molar-refractivity contribution is -0.120. The van der Waals surface area contributed by atoms with Gasteiger partial charge in [-0.2, -0.15) is 0 Å². The van der Waals surface area contributed by atoms with Crippen LogP contribution in [0.5, 0.6) is 0 Å². The molecule has 2 N–H and O–H groups in total. The van der Waals surface area contributed by atoms with Gasteiger partial charge in [0.2, 0.25) is 11.8 Å². The first-order chi connectivity index (χ1) is 17.1. The zero-order chi connectivity index (χ0) is 26.5. The van der Waals surface area contributed by atoms with E-state index in [2.05, 4.69) is 69.3 Å². The van der Waals surface area contributed by atoms with Crippen LogP contribution in [0.3, 0.4) is 0 Å². The average molecular weight is 615 g/mol. The van der Waals surface area contributed by atoms with Gasteiger partial charge in [-0.05, 0) is 109 Å². The predicted molar refractivity (Wildman–Crippen MR) is 157 cm³/mol. The van der Waals surface area contributed by atoms with Crippen molar-refractivity contribution in [3.05, 3.63) is 104 Å². The first-order valence-electron chi connectivity index (χ1n) is 11.8. The maximum absolute atomic E-state index is 11.0. The number of carbonyl (C=O) groups is 2. The van der Waals surface area contributed by atoms with Crippen LogP contribution in [0.15, 0.2) is 72.8 Å². The molecule has 2 atom stereocenters. The molecule has 0 radical (unpaired) electrons. The Kier molecular flexibility index (Phi) is 12.5. The Balaban J connectivity index is 0.000000281. The summed E-state index contributed by atoms with van der Waals surface area (Å²) in [7, 11) is 0. The Bertz CT molecular complexity index is 1180. The molecule has 0 fully saturated rings. The Hall–Kier alpha value is -2.82. The molecule has 2 amide bonds. The SMILES string of the molecule is CC(=O)NC(C)Cc1ccc(C#Cc2ccc(Cl)cc2)cc1.CC(=O)NC(C)Cc1ccc(I)cc1. The number of hydrogen-bond donors (Lipinski definition) is 2. The number of halogens is 2. The standard InChI is InChI=1S/C19H18ClNO.C11H14INO/c1-14(21-15(2)22)13-18-7-5-16(6-8-18)3-4-17-9-11-19(20)12-10-17;1-8(13-9(2)14)7-10-3-5-11(12)6-4-10/h5-12,14H,13H2,1-2H3,(H,21,22);3-6,8H,7H2,1-2H3,(H,13,14). The monoisotopic (exact) mass is 614 g/mol. The maximum atomic E-state index is 11.0. The number of rotatable bonds is 6. The Labute approximate surface area is 233 Å².